The van der Waals surface area contributed by atoms with Gasteiger partial charge >= 0.3 is 12.1 Å². The number of fused-ring (bicyclic) bond motifs is 1. The zero-order chi connectivity index (χ0) is 24.0. The number of ether oxygens (including phenoxy) is 1. The van der Waals surface area contributed by atoms with Crippen LogP contribution in [0.15, 0.2) is 36.4 Å². The van der Waals surface area contributed by atoms with E-state index >= 15 is 0 Å². The molecule has 1 aliphatic heterocycles. The molecule has 0 saturated heterocycles. The van der Waals surface area contributed by atoms with Crippen molar-refractivity contribution in [2.45, 2.75) is 38.6 Å². The molecule has 2 N–H and O–H groups in total. The smallest absolute Gasteiger partial charge is 0.416 e. The van der Waals surface area contributed by atoms with Crippen molar-refractivity contribution in [1.82, 2.24) is 0 Å². The number of nitrogens with one attached hydrogen (secondary N) is 1. The minimum atomic E-state index is -4.64. The predicted octanol–water partition coefficient (Wildman–Crippen LogP) is 4.59. The SMILES string of the molecule is CC(C(=O)Nc1cc(C(F)(F)F)ccc1Cl)N1C(=O)C(C)(C)Oc2cc(C(=O)O)ccc21. The van der Waals surface area contributed by atoms with Crippen LogP contribution in [0.2, 0.25) is 5.02 Å². The second kappa shape index (κ2) is 8.01. The molecule has 32 heavy (non-hydrogen) atoms. The lowest BCUT2D eigenvalue weighted by molar-refractivity contribution is -0.137. The number of rotatable bonds is 4. The molecule has 2 amide bonds. The first kappa shape index (κ1) is 23.4. The zero-order valence-corrected chi connectivity index (χ0v) is 17.8. The van der Waals surface area contributed by atoms with Crippen molar-refractivity contribution < 1.29 is 37.4 Å². The summed E-state index contributed by atoms with van der Waals surface area (Å²) in [4.78, 5) is 38.3. The third-order valence-corrected chi connectivity index (χ3v) is 5.21. The zero-order valence-electron chi connectivity index (χ0n) is 17.1. The molecule has 0 aromatic heterocycles. The first-order valence-corrected chi connectivity index (χ1v) is 9.68. The lowest BCUT2D eigenvalue weighted by Crippen LogP contribution is -2.57. The minimum Gasteiger partial charge on any atom is -0.478 e. The molecule has 1 atom stereocenters. The quantitative estimate of drug-likeness (QED) is 0.681. The highest BCUT2D eigenvalue weighted by Crippen LogP contribution is 2.40. The molecule has 11 heteroatoms. The Morgan fingerprint density at radius 2 is 1.84 bits per heavy atom. The van der Waals surface area contributed by atoms with Crippen molar-refractivity contribution in [2.24, 2.45) is 0 Å². The average Bonchev–Trinajstić information content (AvgIpc) is 2.68. The fourth-order valence-electron chi connectivity index (χ4n) is 3.18. The summed E-state index contributed by atoms with van der Waals surface area (Å²) in [5, 5.41) is 11.4. The minimum absolute atomic E-state index is 0.0752. The van der Waals surface area contributed by atoms with Gasteiger partial charge in [0.15, 0.2) is 5.60 Å². The first-order chi connectivity index (χ1) is 14.7. The summed E-state index contributed by atoms with van der Waals surface area (Å²) in [7, 11) is 0. The van der Waals surface area contributed by atoms with Gasteiger partial charge in [-0.15, -0.1) is 0 Å². The highest BCUT2D eigenvalue weighted by molar-refractivity contribution is 6.33. The van der Waals surface area contributed by atoms with Gasteiger partial charge in [0.2, 0.25) is 5.91 Å². The maximum absolute atomic E-state index is 13.0. The van der Waals surface area contributed by atoms with Crippen LogP contribution >= 0.6 is 11.6 Å². The number of carboxylic acids is 1. The Labute approximate surface area is 185 Å². The number of hydrogen-bond donors (Lipinski definition) is 2. The highest BCUT2D eigenvalue weighted by atomic mass is 35.5. The van der Waals surface area contributed by atoms with E-state index in [4.69, 9.17) is 16.3 Å². The average molecular weight is 471 g/mol. The van der Waals surface area contributed by atoms with Crippen LogP contribution in [-0.2, 0) is 15.8 Å². The van der Waals surface area contributed by atoms with Crippen molar-refractivity contribution in [1.29, 1.82) is 0 Å². The molecule has 1 aliphatic rings. The second-order valence-electron chi connectivity index (χ2n) is 7.63. The van der Waals surface area contributed by atoms with Crippen LogP contribution in [0.3, 0.4) is 0 Å². The predicted molar refractivity (Wildman–Crippen MR) is 110 cm³/mol. The number of carbonyl (C=O) groups is 3. The maximum Gasteiger partial charge on any atom is 0.416 e. The molecule has 2 aromatic carbocycles. The summed E-state index contributed by atoms with van der Waals surface area (Å²) in [5.41, 5.74) is -2.62. The van der Waals surface area contributed by atoms with Gasteiger partial charge in [0.05, 0.1) is 27.5 Å². The van der Waals surface area contributed by atoms with Crippen molar-refractivity contribution in [3.63, 3.8) is 0 Å². The number of carboxylic acid groups (broad SMARTS) is 1. The van der Waals surface area contributed by atoms with E-state index in [9.17, 15) is 32.7 Å². The fraction of sp³-hybridized carbons (Fsp3) is 0.286. The first-order valence-electron chi connectivity index (χ1n) is 9.30. The highest BCUT2D eigenvalue weighted by Gasteiger charge is 2.44. The van der Waals surface area contributed by atoms with Gasteiger partial charge in [0.1, 0.15) is 11.8 Å². The molecule has 0 bridgehead atoms. The van der Waals surface area contributed by atoms with E-state index < -0.39 is 41.2 Å². The number of benzene rings is 2. The number of amides is 2. The third kappa shape index (κ3) is 4.36. The molecular weight excluding hydrogens is 453 g/mol. The summed E-state index contributed by atoms with van der Waals surface area (Å²) in [5.74, 6) is -2.52. The molecule has 0 radical (unpaired) electrons. The number of anilines is 2. The molecule has 2 aromatic rings. The van der Waals surface area contributed by atoms with E-state index in [-0.39, 0.29) is 27.7 Å². The monoisotopic (exact) mass is 470 g/mol. The molecular formula is C21H18ClF3N2O5. The van der Waals surface area contributed by atoms with Crippen LogP contribution in [0.4, 0.5) is 24.5 Å². The van der Waals surface area contributed by atoms with Crippen molar-refractivity contribution in [2.75, 3.05) is 10.2 Å². The standard InChI is InChI=1S/C21H18ClF3N2O5/c1-10(17(28)26-14-9-12(21(23,24)25)5-6-13(14)22)27-15-7-4-11(18(29)30)8-16(15)32-20(2,3)19(27)31/h4-10H,1-3H3,(H,26,28)(H,29,30). The van der Waals surface area contributed by atoms with E-state index in [2.05, 4.69) is 5.32 Å². The molecule has 0 saturated carbocycles. The third-order valence-electron chi connectivity index (χ3n) is 4.88. The molecule has 1 unspecified atom stereocenters. The second-order valence-corrected chi connectivity index (χ2v) is 8.04. The normalized spacial score (nSPS) is 16.1. The molecule has 0 spiro atoms. The molecule has 7 nitrogen and oxygen atoms in total. The van der Waals surface area contributed by atoms with E-state index in [0.29, 0.717) is 6.07 Å². The molecule has 1 heterocycles. The Morgan fingerprint density at radius 3 is 2.44 bits per heavy atom. The number of alkyl halides is 3. The number of halogens is 4. The Hall–Kier alpha value is -3.27. The lowest BCUT2D eigenvalue weighted by Gasteiger charge is -2.41. The summed E-state index contributed by atoms with van der Waals surface area (Å²) in [6.07, 6.45) is -4.64. The van der Waals surface area contributed by atoms with Crippen molar-refractivity contribution in [3.8, 4) is 5.75 Å². The van der Waals surface area contributed by atoms with Crippen LogP contribution in [-0.4, -0.2) is 34.5 Å². The van der Waals surface area contributed by atoms with Gasteiger partial charge in [-0.1, -0.05) is 11.6 Å². The van der Waals surface area contributed by atoms with Crippen LogP contribution in [0.25, 0.3) is 0 Å². The largest absolute Gasteiger partial charge is 0.478 e. The molecule has 0 fully saturated rings. The topological polar surface area (TPSA) is 95.9 Å². The summed E-state index contributed by atoms with van der Waals surface area (Å²) >= 11 is 5.94. The number of hydrogen-bond acceptors (Lipinski definition) is 4. The summed E-state index contributed by atoms with van der Waals surface area (Å²) in [6, 6.07) is 5.11. The van der Waals surface area contributed by atoms with Crippen LogP contribution in [0, 0.1) is 0 Å². The summed E-state index contributed by atoms with van der Waals surface area (Å²) < 4.78 is 44.7. The lowest BCUT2D eigenvalue weighted by atomic mass is 10.0. The fourth-order valence-corrected chi connectivity index (χ4v) is 3.35. The van der Waals surface area contributed by atoms with Gasteiger partial charge < -0.3 is 15.2 Å². The molecule has 170 valence electrons. The van der Waals surface area contributed by atoms with Crippen LogP contribution in [0.5, 0.6) is 5.75 Å². The maximum atomic E-state index is 13.0. The van der Waals surface area contributed by atoms with Crippen LogP contribution in [0.1, 0.15) is 36.7 Å². The molecule has 3 rings (SSSR count). The van der Waals surface area contributed by atoms with Gasteiger partial charge in [0, 0.05) is 0 Å². The van der Waals surface area contributed by atoms with Crippen LogP contribution < -0.4 is 15.0 Å². The number of carbonyl (C=O) groups excluding carboxylic acids is 2. The van der Waals surface area contributed by atoms with E-state index in [1.807, 2.05) is 0 Å². The van der Waals surface area contributed by atoms with E-state index in [1.165, 1.54) is 39.0 Å². The van der Waals surface area contributed by atoms with E-state index in [1.54, 1.807) is 0 Å². The Morgan fingerprint density at radius 1 is 1.19 bits per heavy atom. The van der Waals surface area contributed by atoms with Gasteiger partial charge in [-0.2, -0.15) is 13.2 Å². The number of aromatic carboxylic acids is 1. The van der Waals surface area contributed by atoms with Gasteiger partial charge in [-0.3, -0.25) is 14.5 Å². The van der Waals surface area contributed by atoms with Crippen molar-refractivity contribution >= 4 is 40.8 Å². The Kier molecular flexibility index (Phi) is 5.86. The van der Waals surface area contributed by atoms with E-state index in [0.717, 1.165) is 17.0 Å². The van der Waals surface area contributed by atoms with Gasteiger partial charge in [-0.25, -0.2) is 4.79 Å². The van der Waals surface area contributed by atoms with Gasteiger partial charge in [-0.05, 0) is 57.2 Å². The van der Waals surface area contributed by atoms with Crippen molar-refractivity contribution in [3.05, 3.63) is 52.5 Å². The number of nitrogens with zero attached hydrogens (tertiary/aromatic N) is 1. The summed E-state index contributed by atoms with van der Waals surface area (Å²) in [6.45, 7) is 4.28. The Bertz CT molecular complexity index is 1120. The molecule has 0 aliphatic carbocycles. The van der Waals surface area contributed by atoms with Gasteiger partial charge in [0.25, 0.3) is 5.91 Å². The Balaban J connectivity index is 1.96.